The van der Waals surface area contributed by atoms with E-state index in [9.17, 15) is 9.90 Å². The molecule has 17 heavy (non-hydrogen) atoms. The number of hydrogen-bond acceptors (Lipinski definition) is 3. The lowest BCUT2D eigenvalue weighted by Gasteiger charge is -2.14. The van der Waals surface area contributed by atoms with Crippen molar-refractivity contribution in [1.29, 1.82) is 0 Å². The van der Waals surface area contributed by atoms with E-state index in [0.29, 0.717) is 6.42 Å². The fourth-order valence-electron chi connectivity index (χ4n) is 1.85. The quantitative estimate of drug-likeness (QED) is 0.849. The number of thiophene rings is 1. The number of aliphatic hydroxyl groups excluding tert-OH is 1. The van der Waals surface area contributed by atoms with Gasteiger partial charge in [0, 0.05) is 10.9 Å². The molecule has 0 aliphatic carbocycles. The molecule has 3 nitrogen and oxygen atoms in total. The molecule has 2 atom stereocenters. The van der Waals surface area contributed by atoms with Crippen LogP contribution in [0, 0.1) is 6.92 Å². The largest absolute Gasteiger partial charge is 0.393 e. The summed E-state index contributed by atoms with van der Waals surface area (Å²) < 4.78 is 0. The van der Waals surface area contributed by atoms with Crippen LogP contribution < -0.4 is 5.32 Å². The highest BCUT2D eigenvalue weighted by molar-refractivity contribution is 7.14. The number of aryl methyl sites for hydroxylation is 2. The maximum Gasteiger partial charge on any atom is 0.261 e. The number of carbonyl (C=O) groups is 1. The van der Waals surface area contributed by atoms with Crippen LogP contribution in [0.5, 0.6) is 0 Å². The van der Waals surface area contributed by atoms with Crippen LogP contribution in [0.25, 0.3) is 0 Å². The number of aliphatic hydroxyl groups is 1. The van der Waals surface area contributed by atoms with Crippen LogP contribution in [0.3, 0.4) is 0 Å². The molecule has 1 aromatic rings. The van der Waals surface area contributed by atoms with E-state index in [0.717, 1.165) is 11.3 Å². The molecule has 2 N–H and O–H groups in total. The van der Waals surface area contributed by atoms with Crippen molar-refractivity contribution in [3.05, 3.63) is 21.4 Å². The van der Waals surface area contributed by atoms with Gasteiger partial charge in [-0.1, -0.05) is 6.92 Å². The summed E-state index contributed by atoms with van der Waals surface area (Å²) in [4.78, 5) is 14.0. The van der Waals surface area contributed by atoms with Crippen LogP contribution in [0.4, 0.5) is 0 Å². The van der Waals surface area contributed by atoms with E-state index in [2.05, 4.69) is 12.2 Å². The lowest BCUT2D eigenvalue weighted by Crippen LogP contribution is -2.34. The third kappa shape index (κ3) is 4.13. The Bertz CT molecular complexity index is 385. The zero-order valence-corrected chi connectivity index (χ0v) is 11.7. The predicted octanol–water partition coefficient (Wildman–Crippen LogP) is 2.51. The maximum absolute atomic E-state index is 11.9. The van der Waals surface area contributed by atoms with Crippen molar-refractivity contribution >= 4 is 17.2 Å². The minimum Gasteiger partial charge on any atom is -0.393 e. The summed E-state index contributed by atoms with van der Waals surface area (Å²) >= 11 is 1.55. The Morgan fingerprint density at radius 2 is 2.18 bits per heavy atom. The molecule has 0 radical (unpaired) electrons. The molecule has 96 valence electrons. The molecule has 2 unspecified atom stereocenters. The molecule has 0 bridgehead atoms. The third-order valence-corrected chi connectivity index (χ3v) is 4.02. The average Bonchev–Trinajstić information content (AvgIpc) is 2.58. The smallest absolute Gasteiger partial charge is 0.261 e. The van der Waals surface area contributed by atoms with Crippen molar-refractivity contribution < 1.29 is 9.90 Å². The molecule has 0 saturated carbocycles. The number of amides is 1. The zero-order chi connectivity index (χ0) is 13.0. The summed E-state index contributed by atoms with van der Waals surface area (Å²) in [7, 11) is 0. The SMILES string of the molecule is CCc1sc(C(=O)NC(C)CC(C)O)cc1C. The van der Waals surface area contributed by atoms with Gasteiger partial charge in [0.1, 0.15) is 0 Å². The Hall–Kier alpha value is -0.870. The second-order valence-corrected chi connectivity index (χ2v) is 5.67. The molecule has 0 fully saturated rings. The van der Waals surface area contributed by atoms with E-state index < -0.39 is 0 Å². The molecule has 1 amide bonds. The fraction of sp³-hybridized carbons (Fsp3) is 0.615. The van der Waals surface area contributed by atoms with Crippen molar-refractivity contribution in [2.45, 2.75) is 52.7 Å². The average molecular weight is 255 g/mol. The van der Waals surface area contributed by atoms with Gasteiger partial charge in [0.25, 0.3) is 5.91 Å². The predicted molar refractivity (Wildman–Crippen MR) is 71.7 cm³/mol. The minimum absolute atomic E-state index is 0.00465. The molecule has 0 aromatic carbocycles. The monoisotopic (exact) mass is 255 g/mol. The molecule has 0 aliphatic heterocycles. The van der Waals surface area contributed by atoms with Gasteiger partial charge in [0.15, 0.2) is 0 Å². The Morgan fingerprint density at radius 3 is 2.65 bits per heavy atom. The van der Waals surface area contributed by atoms with Gasteiger partial charge in [-0.15, -0.1) is 11.3 Å². The Labute approximate surface area is 107 Å². The van der Waals surface area contributed by atoms with Crippen LogP contribution >= 0.6 is 11.3 Å². The van der Waals surface area contributed by atoms with Crippen LogP contribution in [-0.2, 0) is 6.42 Å². The number of carbonyl (C=O) groups excluding carboxylic acids is 1. The first kappa shape index (κ1) is 14.2. The summed E-state index contributed by atoms with van der Waals surface area (Å²) in [5.74, 6) is -0.0362. The van der Waals surface area contributed by atoms with Crippen LogP contribution in [0.1, 0.15) is 47.3 Å². The van der Waals surface area contributed by atoms with Crippen LogP contribution in [-0.4, -0.2) is 23.2 Å². The van der Waals surface area contributed by atoms with Gasteiger partial charge < -0.3 is 10.4 Å². The van der Waals surface area contributed by atoms with Crippen molar-refractivity contribution in [2.24, 2.45) is 0 Å². The number of rotatable bonds is 5. The Morgan fingerprint density at radius 1 is 1.53 bits per heavy atom. The van der Waals surface area contributed by atoms with E-state index in [1.54, 1.807) is 18.3 Å². The van der Waals surface area contributed by atoms with E-state index in [1.807, 2.05) is 19.9 Å². The molecule has 4 heteroatoms. The number of nitrogens with one attached hydrogen (secondary N) is 1. The topological polar surface area (TPSA) is 49.3 Å². The molecular formula is C13H21NO2S. The molecule has 0 spiro atoms. The highest BCUT2D eigenvalue weighted by atomic mass is 32.1. The first-order valence-corrected chi connectivity index (χ1v) is 6.83. The summed E-state index contributed by atoms with van der Waals surface area (Å²) in [6.45, 7) is 7.76. The van der Waals surface area contributed by atoms with Crippen LogP contribution in [0.15, 0.2) is 6.07 Å². The molecule has 0 saturated heterocycles. The van der Waals surface area contributed by atoms with Gasteiger partial charge in [-0.3, -0.25) is 4.79 Å². The summed E-state index contributed by atoms with van der Waals surface area (Å²) in [5, 5.41) is 12.1. The normalized spacial score (nSPS) is 14.4. The Kier molecular flexibility index (Phi) is 5.15. The van der Waals surface area contributed by atoms with Gasteiger partial charge in [-0.05, 0) is 45.2 Å². The van der Waals surface area contributed by atoms with Gasteiger partial charge in [-0.2, -0.15) is 0 Å². The third-order valence-electron chi connectivity index (χ3n) is 2.64. The van der Waals surface area contributed by atoms with Gasteiger partial charge in [-0.25, -0.2) is 0 Å². The van der Waals surface area contributed by atoms with Gasteiger partial charge in [0.2, 0.25) is 0 Å². The second kappa shape index (κ2) is 6.17. The maximum atomic E-state index is 11.9. The standard InChI is InChI=1S/C13H21NO2S/c1-5-11-8(2)6-12(17-11)13(16)14-9(3)7-10(4)15/h6,9-10,15H,5,7H2,1-4H3,(H,14,16). The van der Waals surface area contributed by atoms with Crippen LogP contribution in [0.2, 0.25) is 0 Å². The highest BCUT2D eigenvalue weighted by Crippen LogP contribution is 2.22. The van der Waals surface area contributed by atoms with Crippen molar-refractivity contribution in [3.63, 3.8) is 0 Å². The van der Waals surface area contributed by atoms with Crippen molar-refractivity contribution in [1.82, 2.24) is 5.32 Å². The Balaban J connectivity index is 2.63. The van der Waals surface area contributed by atoms with Crippen molar-refractivity contribution in [3.8, 4) is 0 Å². The minimum atomic E-state index is -0.387. The fourth-order valence-corrected chi connectivity index (χ4v) is 2.87. The summed E-state index contributed by atoms with van der Waals surface area (Å²) in [6.07, 6.45) is 1.16. The molecule has 1 aromatic heterocycles. The lowest BCUT2D eigenvalue weighted by molar-refractivity contribution is 0.0927. The van der Waals surface area contributed by atoms with Gasteiger partial charge >= 0.3 is 0 Å². The molecular weight excluding hydrogens is 234 g/mol. The summed E-state index contributed by atoms with van der Waals surface area (Å²) in [6, 6.07) is 1.93. The summed E-state index contributed by atoms with van der Waals surface area (Å²) in [5.41, 5.74) is 1.19. The molecule has 0 aliphatic rings. The second-order valence-electron chi connectivity index (χ2n) is 4.53. The zero-order valence-electron chi connectivity index (χ0n) is 10.9. The van der Waals surface area contributed by atoms with E-state index >= 15 is 0 Å². The van der Waals surface area contributed by atoms with E-state index in [-0.39, 0.29) is 18.1 Å². The molecule has 1 rings (SSSR count). The van der Waals surface area contributed by atoms with E-state index in [4.69, 9.17) is 0 Å². The first-order chi connectivity index (χ1) is 7.93. The first-order valence-electron chi connectivity index (χ1n) is 6.02. The highest BCUT2D eigenvalue weighted by Gasteiger charge is 2.14. The molecule has 1 heterocycles. The lowest BCUT2D eigenvalue weighted by atomic mass is 10.1. The van der Waals surface area contributed by atoms with E-state index in [1.165, 1.54) is 10.4 Å². The number of hydrogen-bond donors (Lipinski definition) is 2. The van der Waals surface area contributed by atoms with Crippen molar-refractivity contribution in [2.75, 3.05) is 0 Å². The van der Waals surface area contributed by atoms with Gasteiger partial charge in [0.05, 0.1) is 11.0 Å².